The van der Waals surface area contributed by atoms with Gasteiger partial charge in [0.2, 0.25) is 0 Å². The zero-order valence-electron chi connectivity index (χ0n) is 16.7. The van der Waals surface area contributed by atoms with Crippen LogP contribution in [0.15, 0.2) is 71.6 Å². The average Bonchev–Trinajstić information content (AvgIpc) is 2.74. The number of rotatable bonds is 7. The number of ether oxygens (including phenoxy) is 2. The van der Waals surface area contributed by atoms with Gasteiger partial charge in [0, 0.05) is 10.6 Å². The Morgan fingerprint density at radius 1 is 0.933 bits per heavy atom. The number of hydrogen-bond donors (Lipinski definition) is 0. The summed E-state index contributed by atoms with van der Waals surface area (Å²) in [7, 11) is -1.01. The van der Waals surface area contributed by atoms with Gasteiger partial charge in [0.1, 0.15) is 17.3 Å². The van der Waals surface area contributed by atoms with Crippen LogP contribution in [0, 0.1) is 5.82 Å². The number of hydrogen-bond acceptors (Lipinski definition) is 4. The molecule has 5 nitrogen and oxygen atoms in total. The van der Waals surface area contributed by atoms with E-state index in [0.29, 0.717) is 27.8 Å². The van der Waals surface area contributed by atoms with Crippen LogP contribution in [0.25, 0.3) is 0 Å². The number of methoxy groups -OCH3 is 2. The number of halogens is 2. The molecule has 158 valence electrons. The van der Waals surface area contributed by atoms with Crippen LogP contribution in [-0.2, 0) is 10.0 Å². The van der Waals surface area contributed by atoms with Crippen LogP contribution >= 0.6 is 11.6 Å². The molecule has 8 heteroatoms. The van der Waals surface area contributed by atoms with Crippen LogP contribution in [-0.4, -0.2) is 22.6 Å². The first-order chi connectivity index (χ1) is 14.3. The second kappa shape index (κ2) is 8.93. The van der Waals surface area contributed by atoms with Gasteiger partial charge in [-0.2, -0.15) is 0 Å². The molecule has 30 heavy (non-hydrogen) atoms. The zero-order chi connectivity index (χ0) is 21.9. The Hall–Kier alpha value is -2.77. The Kier molecular flexibility index (Phi) is 6.53. The van der Waals surface area contributed by atoms with E-state index in [2.05, 4.69) is 0 Å². The molecule has 0 aliphatic heterocycles. The van der Waals surface area contributed by atoms with Crippen molar-refractivity contribution in [3.63, 3.8) is 0 Å². The molecule has 0 fully saturated rings. The van der Waals surface area contributed by atoms with Crippen LogP contribution in [0.2, 0.25) is 5.02 Å². The summed E-state index contributed by atoms with van der Waals surface area (Å²) in [5.74, 6) is 0.555. The Bertz CT molecular complexity index is 1120. The molecule has 0 aliphatic rings. The normalized spacial score (nSPS) is 12.3. The molecule has 1 atom stereocenters. The van der Waals surface area contributed by atoms with Crippen molar-refractivity contribution in [2.75, 3.05) is 18.5 Å². The van der Waals surface area contributed by atoms with Gasteiger partial charge in [-0.1, -0.05) is 11.6 Å². The second-order valence-corrected chi connectivity index (χ2v) is 8.77. The molecule has 0 saturated heterocycles. The number of benzene rings is 3. The number of anilines is 1. The van der Waals surface area contributed by atoms with Crippen LogP contribution < -0.4 is 13.8 Å². The van der Waals surface area contributed by atoms with Gasteiger partial charge in [0.05, 0.1) is 30.8 Å². The van der Waals surface area contributed by atoms with Gasteiger partial charge in [-0.15, -0.1) is 0 Å². The lowest BCUT2D eigenvalue weighted by molar-refractivity contribution is 0.396. The minimum absolute atomic E-state index is 0.0347. The van der Waals surface area contributed by atoms with E-state index in [1.165, 1.54) is 30.7 Å². The van der Waals surface area contributed by atoms with E-state index in [-0.39, 0.29) is 4.90 Å². The predicted molar refractivity (Wildman–Crippen MR) is 115 cm³/mol. The van der Waals surface area contributed by atoms with E-state index < -0.39 is 21.9 Å². The van der Waals surface area contributed by atoms with Gasteiger partial charge in [-0.05, 0) is 73.7 Å². The highest BCUT2D eigenvalue weighted by atomic mass is 35.5. The molecule has 0 radical (unpaired) electrons. The molecule has 3 aromatic rings. The topological polar surface area (TPSA) is 55.8 Å². The molecule has 3 rings (SSSR count). The van der Waals surface area contributed by atoms with Crippen molar-refractivity contribution in [2.45, 2.75) is 17.9 Å². The van der Waals surface area contributed by atoms with Gasteiger partial charge in [0.25, 0.3) is 10.0 Å². The summed E-state index contributed by atoms with van der Waals surface area (Å²) in [6, 6.07) is 15.7. The Labute approximate surface area is 180 Å². The second-order valence-electron chi connectivity index (χ2n) is 6.52. The van der Waals surface area contributed by atoms with Crippen molar-refractivity contribution in [3.05, 3.63) is 83.1 Å². The molecule has 0 amide bonds. The largest absolute Gasteiger partial charge is 0.497 e. The molecular formula is C22H21ClFNO4S. The van der Waals surface area contributed by atoms with Gasteiger partial charge in [0.15, 0.2) is 0 Å². The maximum Gasteiger partial charge on any atom is 0.264 e. The van der Waals surface area contributed by atoms with E-state index >= 15 is 0 Å². The summed E-state index contributed by atoms with van der Waals surface area (Å²) in [6.07, 6.45) is 0. The lowest BCUT2D eigenvalue weighted by atomic mass is 10.1. The first-order valence-electron chi connectivity index (χ1n) is 9.05. The minimum Gasteiger partial charge on any atom is -0.497 e. The fraction of sp³-hybridized carbons (Fsp3) is 0.182. The van der Waals surface area contributed by atoms with E-state index in [4.69, 9.17) is 21.1 Å². The molecule has 0 spiro atoms. The minimum atomic E-state index is -4.05. The summed E-state index contributed by atoms with van der Waals surface area (Å²) in [5.41, 5.74) is 1.01. The van der Waals surface area contributed by atoms with Crippen molar-refractivity contribution in [3.8, 4) is 11.5 Å². The Morgan fingerprint density at radius 2 is 1.57 bits per heavy atom. The molecule has 0 aromatic heterocycles. The quantitative estimate of drug-likeness (QED) is 0.481. The lowest BCUT2D eigenvalue weighted by Gasteiger charge is -2.32. The molecule has 0 N–H and O–H groups in total. The van der Waals surface area contributed by atoms with Crippen LogP contribution in [0.3, 0.4) is 0 Å². The fourth-order valence-electron chi connectivity index (χ4n) is 3.17. The zero-order valence-corrected chi connectivity index (χ0v) is 18.2. The first kappa shape index (κ1) is 21.9. The van der Waals surface area contributed by atoms with Gasteiger partial charge < -0.3 is 9.47 Å². The maximum absolute atomic E-state index is 13.6. The van der Waals surface area contributed by atoms with E-state index in [1.807, 2.05) is 0 Å². The first-order valence-corrected chi connectivity index (χ1v) is 10.9. The van der Waals surface area contributed by atoms with Crippen LogP contribution in [0.1, 0.15) is 18.5 Å². The summed E-state index contributed by atoms with van der Waals surface area (Å²) in [5, 5.41) is 0.476. The summed E-state index contributed by atoms with van der Waals surface area (Å²) >= 11 is 6.00. The van der Waals surface area contributed by atoms with E-state index in [1.54, 1.807) is 49.4 Å². The SMILES string of the molecule is COc1ccc(OC)c([C@H](C)N(c2ccc(Cl)cc2)S(=O)(=O)c2ccc(F)cc2)c1. The van der Waals surface area contributed by atoms with Crippen molar-refractivity contribution in [1.29, 1.82) is 0 Å². The molecular weight excluding hydrogens is 429 g/mol. The fourth-order valence-corrected chi connectivity index (χ4v) is 4.93. The number of sulfonamides is 1. The standard InChI is InChI=1S/C22H21ClFNO4S/c1-15(21-14-19(28-2)10-13-22(21)29-3)25(18-8-4-16(23)5-9-18)30(26,27)20-11-6-17(24)7-12-20/h4-15H,1-3H3/t15-/m0/s1. The number of nitrogens with zero attached hydrogens (tertiary/aromatic N) is 1. The average molecular weight is 450 g/mol. The molecule has 0 bridgehead atoms. The van der Waals surface area contributed by atoms with Crippen molar-refractivity contribution in [2.24, 2.45) is 0 Å². The van der Waals surface area contributed by atoms with Crippen LogP contribution in [0.4, 0.5) is 10.1 Å². The summed E-state index contributed by atoms with van der Waals surface area (Å²) in [6.45, 7) is 1.74. The van der Waals surface area contributed by atoms with Crippen molar-refractivity contribution < 1.29 is 22.3 Å². The Balaban J connectivity index is 2.20. The Morgan fingerprint density at radius 3 is 2.13 bits per heavy atom. The van der Waals surface area contributed by atoms with Crippen LogP contribution in [0.5, 0.6) is 11.5 Å². The molecule has 0 unspecified atom stereocenters. The highest BCUT2D eigenvalue weighted by Crippen LogP contribution is 2.38. The highest BCUT2D eigenvalue weighted by Gasteiger charge is 2.32. The smallest absolute Gasteiger partial charge is 0.264 e. The molecule has 0 heterocycles. The maximum atomic E-state index is 13.6. The lowest BCUT2D eigenvalue weighted by Crippen LogP contribution is -2.34. The molecule has 0 saturated carbocycles. The highest BCUT2D eigenvalue weighted by molar-refractivity contribution is 7.92. The monoisotopic (exact) mass is 449 g/mol. The molecule has 3 aromatic carbocycles. The third kappa shape index (κ3) is 4.37. The summed E-state index contributed by atoms with van der Waals surface area (Å²) in [4.78, 5) is -0.0347. The van der Waals surface area contributed by atoms with Gasteiger partial charge in [-0.3, -0.25) is 4.31 Å². The third-order valence-corrected chi connectivity index (χ3v) is 6.86. The third-order valence-electron chi connectivity index (χ3n) is 4.69. The van der Waals surface area contributed by atoms with Gasteiger partial charge in [-0.25, -0.2) is 12.8 Å². The van der Waals surface area contributed by atoms with Crippen molar-refractivity contribution in [1.82, 2.24) is 0 Å². The van der Waals surface area contributed by atoms with Crippen molar-refractivity contribution >= 4 is 27.3 Å². The summed E-state index contributed by atoms with van der Waals surface area (Å²) < 4.78 is 52.6. The van der Waals surface area contributed by atoms with Gasteiger partial charge >= 0.3 is 0 Å². The van der Waals surface area contributed by atoms with E-state index in [0.717, 1.165) is 12.1 Å². The van der Waals surface area contributed by atoms with E-state index in [9.17, 15) is 12.8 Å². The molecule has 0 aliphatic carbocycles. The predicted octanol–water partition coefficient (Wildman–Crippen LogP) is 5.45.